The van der Waals surface area contributed by atoms with Crippen LogP contribution in [0.25, 0.3) is 0 Å². The first-order valence-electron chi connectivity index (χ1n) is 15.2. The Kier molecular flexibility index (Phi) is 10.2. The zero-order valence-electron chi connectivity index (χ0n) is 26.1. The third kappa shape index (κ3) is 6.33. The van der Waals surface area contributed by atoms with Gasteiger partial charge in [-0.3, -0.25) is 9.36 Å². The molecule has 0 radical (unpaired) electrons. The molecule has 0 saturated heterocycles. The number of carbonyl (C=O) groups is 1. The first-order valence-corrected chi connectivity index (χ1v) is 17.2. The zero-order chi connectivity index (χ0) is 30.7. The summed E-state index contributed by atoms with van der Waals surface area (Å²) in [4.78, 5) is 14.1. The third-order valence-electron chi connectivity index (χ3n) is 9.42. The Labute approximate surface area is 257 Å². The van der Waals surface area contributed by atoms with Gasteiger partial charge in [-0.2, -0.15) is 0 Å². The maximum atomic E-state index is 14.1. The van der Waals surface area contributed by atoms with Crippen molar-refractivity contribution in [1.29, 1.82) is 0 Å². The van der Waals surface area contributed by atoms with Crippen LogP contribution in [0.5, 0.6) is 5.75 Å². The van der Waals surface area contributed by atoms with E-state index in [1.54, 1.807) is 45.2 Å². The van der Waals surface area contributed by atoms with Gasteiger partial charge in [-0.05, 0) is 103 Å². The topological polar surface area (TPSA) is 85.9 Å². The lowest BCUT2D eigenvalue weighted by Crippen LogP contribution is -2.57. The normalized spacial score (nSPS) is 24.3. The lowest BCUT2D eigenvalue weighted by Gasteiger charge is -2.54. The van der Waals surface area contributed by atoms with Gasteiger partial charge in [0.2, 0.25) is 5.91 Å². The van der Waals surface area contributed by atoms with Crippen LogP contribution in [-0.4, -0.2) is 31.3 Å². The van der Waals surface area contributed by atoms with Crippen molar-refractivity contribution < 1.29 is 23.1 Å². The molecule has 0 heterocycles. The second-order valence-corrected chi connectivity index (χ2v) is 14.9. The summed E-state index contributed by atoms with van der Waals surface area (Å²) in [5, 5.41) is 6.22. The van der Waals surface area contributed by atoms with E-state index in [4.69, 9.17) is 26.0 Å². The number of fused-ring (bicyclic) bond motifs is 3. The summed E-state index contributed by atoms with van der Waals surface area (Å²) in [6.07, 6.45) is 4.73. The molecular weight excluding hydrogens is 567 g/mol. The fraction of sp³-hybridized carbons (Fsp3) is 0.576. The average molecular weight is 615 g/mol. The molecule has 1 saturated carbocycles. The van der Waals surface area contributed by atoms with Gasteiger partial charge in [0.1, 0.15) is 5.75 Å². The summed E-state index contributed by atoms with van der Waals surface area (Å²) < 4.78 is 30.6. The summed E-state index contributed by atoms with van der Waals surface area (Å²) in [6, 6.07) is 14.1. The number of aryl methyl sites for hydroxylation is 1. The minimum absolute atomic E-state index is 0.0895. The Morgan fingerprint density at radius 1 is 1.05 bits per heavy atom. The molecule has 4 atom stereocenters. The number of amides is 1. The second kappa shape index (κ2) is 13.2. The number of benzene rings is 2. The number of methoxy groups -OCH3 is 1. The van der Waals surface area contributed by atoms with Gasteiger partial charge in [0.25, 0.3) is 0 Å². The van der Waals surface area contributed by atoms with E-state index in [0.717, 1.165) is 32.1 Å². The molecule has 9 heteroatoms. The lowest BCUT2D eigenvalue weighted by atomic mass is 9.49. The standard InChI is InChI=1S/C33H47N2O5PS/c1-8-39-41(37,40-9-2)29(23-11-15-26(38-7)16-12-23)34-31(42)35-30(36)33(6)20-10-19-32(5)27-17-13-24(22(3)4)21-25(27)14-18-28(32)33/h11-13,15-17,21-22,28-29H,8-10,14,18-20H2,1-7H3,(H2,34,35,36,42)/t28-,29?,32-,33-/m1/s1. The fourth-order valence-electron chi connectivity index (χ4n) is 7.23. The SMILES string of the molecule is CCOP(=O)(OCC)C(NC(=S)NC(=O)[C@]1(C)CCC[C@]2(C)c3ccc(C(C)C)cc3CC[C@@H]12)c1ccc(OC)cc1. The van der Waals surface area contributed by atoms with Crippen LogP contribution in [0.2, 0.25) is 0 Å². The maximum Gasteiger partial charge on any atom is 0.357 e. The largest absolute Gasteiger partial charge is 0.497 e. The summed E-state index contributed by atoms with van der Waals surface area (Å²) >= 11 is 5.69. The minimum Gasteiger partial charge on any atom is -0.497 e. The van der Waals surface area contributed by atoms with Crippen molar-refractivity contribution in [2.24, 2.45) is 11.3 Å². The van der Waals surface area contributed by atoms with Gasteiger partial charge in [-0.25, -0.2) is 0 Å². The van der Waals surface area contributed by atoms with Crippen LogP contribution in [0.1, 0.15) is 101 Å². The molecule has 0 aromatic heterocycles. The van der Waals surface area contributed by atoms with Gasteiger partial charge in [0, 0.05) is 0 Å². The molecular formula is C33H47N2O5PS. The van der Waals surface area contributed by atoms with Gasteiger partial charge in [-0.15, -0.1) is 0 Å². The van der Waals surface area contributed by atoms with E-state index < -0.39 is 18.8 Å². The van der Waals surface area contributed by atoms with Crippen molar-refractivity contribution in [3.8, 4) is 5.75 Å². The van der Waals surface area contributed by atoms with Crippen molar-refractivity contribution in [3.63, 3.8) is 0 Å². The highest BCUT2D eigenvalue weighted by molar-refractivity contribution is 7.80. The molecule has 4 rings (SSSR count). The Hall–Kier alpha value is -2.25. The van der Waals surface area contributed by atoms with Crippen molar-refractivity contribution in [1.82, 2.24) is 10.6 Å². The molecule has 0 spiro atoms. The van der Waals surface area contributed by atoms with Gasteiger partial charge >= 0.3 is 7.60 Å². The van der Waals surface area contributed by atoms with E-state index in [-0.39, 0.29) is 35.6 Å². The number of carbonyl (C=O) groups excluding carboxylic acids is 1. The van der Waals surface area contributed by atoms with Crippen LogP contribution >= 0.6 is 19.8 Å². The molecule has 230 valence electrons. The van der Waals surface area contributed by atoms with Crippen LogP contribution in [0.15, 0.2) is 42.5 Å². The van der Waals surface area contributed by atoms with Crippen LogP contribution in [0, 0.1) is 11.3 Å². The van der Waals surface area contributed by atoms with E-state index in [1.165, 1.54) is 16.7 Å². The van der Waals surface area contributed by atoms with E-state index in [0.29, 0.717) is 17.2 Å². The summed E-state index contributed by atoms with van der Waals surface area (Å²) in [7, 11) is -2.11. The predicted octanol–water partition coefficient (Wildman–Crippen LogP) is 7.78. The number of thiocarbonyl (C=S) groups is 1. The molecule has 0 bridgehead atoms. The smallest absolute Gasteiger partial charge is 0.357 e. The number of ether oxygens (including phenoxy) is 1. The molecule has 2 aromatic carbocycles. The molecule has 2 aromatic rings. The van der Waals surface area contributed by atoms with E-state index in [2.05, 4.69) is 56.5 Å². The summed E-state index contributed by atoms with van der Waals surface area (Å²) in [5.41, 5.74) is 4.13. The summed E-state index contributed by atoms with van der Waals surface area (Å²) in [5.74, 6) is 0.318. The van der Waals surface area contributed by atoms with E-state index in [9.17, 15) is 9.36 Å². The fourth-order valence-corrected chi connectivity index (χ4v) is 9.44. The Bertz CT molecular complexity index is 1320. The molecule has 7 nitrogen and oxygen atoms in total. The molecule has 1 fully saturated rings. The van der Waals surface area contributed by atoms with Gasteiger partial charge in [-0.1, -0.05) is 64.4 Å². The Morgan fingerprint density at radius 3 is 2.29 bits per heavy atom. The lowest BCUT2D eigenvalue weighted by molar-refractivity contribution is -0.137. The molecule has 0 aliphatic heterocycles. The van der Waals surface area contributed by atoms with Crippen LogP contribution in [0.4, 0.5) is 0 Å². The third-order valence-corrected chi connectivity index (χ3v) is 11.9. The van der Waals surface area contributed by atoms with Gasteiger partial charge in [0.15, 0.2) is 10.9 Å². The Balaban J connectivity index is 1.58. The highest BCUT2D eigenvalue weighted by atomic mass is 32.1. The highest BCUT2D eigenvalue weighted by Gasteiger charge is 2.55. The van der Waals surface area contributed by atoms with Crippen molar-refractivity contribution >= 4 is 30.8 Å². The number of hydrogen-bond donors (Lipinski definition) is 2. The minimum atomic E-state index is -3.69. The van der Waals surface area contributed by atoms with Crippen molar-refractivity contribution in [3.05, 3.63) is 64.7 Å². The quantitative estimate of drug-likeness (QED) is 0.209. The number of rotatable bonds is 10. The number of nitrogens with one attached hydrogen (secondary N) is 2. The number of hydrogen-bond acceptors (Lipinski definition) is 6. The molecule has 2 aliphatic rings. The molecule has 42 heavy (non-hydrogen) atoms. The molecule has 1 amide bonds. The zero-order valence-corrected chi connectivity index (χ0v) is 27.8. The summed E-state index contributed by atoms with van der Waals surface area (Å²) in [6.45, 7) is 12.8. The monoisotopic (exact) mass is 614 g/mol. The highest BCUT2D eigenvalue weighted by Crippen LogP contribution is 2.60. The first kappa shape index (κ1) is 32.7. The maximum absolute atomic E-state index is 14.1. The molecule has 1 unspecified atom stereocenters. The van der Waals surface area contributed by atoms with Crippen molar-refractivity contribution in [2.45, 2.75) is 90.8 Å². The van der Waals surface area contributed by atoms with Crippen molar-refractivity contribution in [2.75, 3.05) is 20.3 Å². The van der Waals surface area contributed by atoms with E-state index in [1.807, 2.05) is 0 Å². The van der Waals surface area contributed by atoms with Crippen LogP contribution in [0.3, 0.4) is 0 Å². The van der Waals surface area contributed by atoms with Crippen LogP contribution < -0.4 is 15.4 Å². The molecule has 2 aliphatic carbocycles. The second-order valence-electron chi connectivity index (χ2n) is 12.3. The predicted molar refractivity (Wildman–Crippen MR) is 172 cm³/mol. The molecule has 2 N–H and O–H groups in total. The average Bonchev–Trinajstić information content (AvgIpc) is 2.95. The van der Waals surface area contributed by atoms with Gasteiger partial charge < -0.3 is 24.4 Å². The first-order chi connectivity index (χ1) is 19.9. The van der Waals surface area contributed by atoms with Crippen LogP contribution in [-0.2, 0) is 30.2 Å². The van der Waals surface area contributed by atoms with Gasteiger partial charge in [0.05, 0.1) is 25.7 Å². The van der Waals surface area contributed by atoms with E-state index >= 15 is 0 Å². The Morgan fingerprint density at radius 2 is 1.69 bits per heavy atom.